The van der Waals surface area contributed by atoms with Crippen LogP contribution in [0, 0.1) is 11.3 Å². The van der Waals surface area contributed by atoms with Gasteiger partial charge in [0.25, 0.3) is 0 Å². The van der Waals surface area contributed by atoms with E-state index in [9.17, 15) is 5.11 Å². The molecule has 0 fully saturated rings. The summed E-state index contributed by atoms with van der Waals surface area (Å²) in [5.74, 6) is 0.216. The van der Waals surface area contributed by atoms with Gasteiger partial charge >= 0.3 is 0 Å². The molecule has 0 spiro atoms. The number of phenols is 1. The summed E-state index contributed by atoms with van der Waals surface area (Å²) >= 11 is 0. The fraction of sp³-hybridized carbons (Fsp3) is 0.300. The van der Waals surface area contributed by atoms with Crippen LogP contribution < -0.4 is 0 Å². The third kappa shape index (κ3) is 1.76. The molecule has 0 aliphatic heterocycles. The first kappa shape index (κ1) is 8.61. The summed E-state index contributed by atoms with van der Waals surface area (Å²) in [6, 6.07) is 7.41. The quantitative estimate of drug-likeness (QED) is 0.721. The maximum atomic E-state index is 9.31. The van der Waals surface area contributed by atoms with Crippen LogP contribution >= 0.6 is 0 Å². The van der Waals surface area contributed by atoms with Crippen molar-refractivity contribution in [3.63, 3.8) is 0 Å². The van der Waals surface area contributed by atoms with Crippen molar-refractivity contribution in [3.8, 4) is 11.8 Å². The van der Waals surface area contributed by atoms with Crippen LogP contribution in [0.1, 0.15) is 18.1 Å². The fourth-order valence-electron chi connectivity index (χ4n) is 1.09. The van der Waals surface area contributed by atoms with Gasteiger partial charge in [0.05, 0.1) is 12.5 Å². The lowest BCUT2D eigenvalue weighted by atomic mass is 10.1. The molecule has 12 heavy (non-hydrogen) atoms. The lowest BCUT2D eigenvalue weighted by Crippen LogP contribution is -1.86. The number of hydrogen-bond donors (Lipinski definition) is 1. The summed E-state index contributed by atoms with van der Waals surface area (Å²) in [5.41, 5.74) is 1.87. The Morgan fingerprint density at radius 1 is 1.50 bits per heavy atom. The summed E-state index contributed by atoms with van der Waals surface area (Å²) in [6.45, 7) is 2.04. The molecule has 62 valence electrons. The molecule has 1 aromatic rings. The number of phenolic OH excluding ortho intramolecular Hbond substituents is 1. The van der Waals surface area contributed by atoms with Gasteiger partial charge in [-0.15, -0.1) is 0 Å². The van der Waals surface area contributed by atoms with E-state index in [0.717, 1.165) is 17.5 Å². The highest BCUT2D eigenvalue weighted by Crippen LogP contribution is 2.18. The minimum Gasteiger partial charge on any atom is -0.508 e. The second-order valence-electron chi connectivity index (χ2n) is 2.65. The standard InChI is InChI=1S/C10H11NO/c1-2-8-3-4-10(12)9(7-8)5-6-11/h3-4,7,12H,2,5H2,1H3. The first-order valence-electron chi connectivity index (χ1n) is 3.95. The molecule has 1 N–H and O–H groups in total. The van der Waals surface area contributed by atoms with Gasteiger partial charge in [0, 0.05) is 5.56 Å². The van der Waals surface area contributed by atoms with E-state index in [1.54, 1.807) is 6.07 Å². The largest absolute Gasteiger partial charge is 0.508 e. The highest BCUT2D eigenvalue weighted by Gasteiger charge is 2.00. The minimum absolute atomic E-state index is 0.216. The lowest BCUT2D eigenvalue weighted by Gasteiger charge is -2.02. The van der Waals surface area contributed by atoms with Gasteiger partial charge in [-0.05, 0) is 18.1 Å². The summed E-state index contributed by atoms with van der Waals surface area (Å²) < 4.78 is 0. The maximum absolute atomic E-state index is 9.31. The van der Waals surface area contributed by atoms with E-state index in [1.165, 1.54) is 0 Å². The molecule has 0 amide bonds. The molecule has 0 aliphatic carbocycles. The van der Waals surface area contributed by atoms with Gasteiger partial charge in [-0.25, -0.2) is 0 Å². The van der Waals surface area contributed by atoms with Crippen LogP contribution in [-0.2, 0) is 12.8 Å². The molecule has 1 aromatic carbocycles. The smallest absolute Gasteiger partial charge is 0.119 e. The summed E-state index contributed by atoms with van der Waals surface area (Å²) in [4.78, 5) is 0. The number of nitrogens with zero attached hydrogens (tertiary/aromatic N) is 1. The Morgan fingerprint density at radius 2 is 2.25 bits per heavy atom. The molecule has 0 heterocycles. The average molecular weight is 161 g/mol. The van der Waals surface area contributed by atoms with Crippen molar-refractivity contribution >= 4 is 0 Å². The molecular formula is C10H11NO. The molecule has 2 nitrogen and oxygen atoms in total. The Bertz CT molecular complexity index is 312. The molecule has 0 bridgehead atoms. The maximum Gasteiger partial charge on any atom is 0.119 e. The predicted octanol–water partition coefficient (Wildman–Crippen LogP) is 2.02. The van der Waals surface area contributed by atoms with Crippen molar-refractivity contribution in [2.75, 3.05) is 0 Å². The lowest BCUT2D eigenvalue weighted by molar-refractivity contribution is 0.469. The van der Waals surface area contributed by atoms with E-state index in [4.69, 9.17) is 5.26 Å². The monoisotopic (exact) mass is 161 g/mol. The van der Waals surface area contributed by atoms with Gasteiger partial charge in [0.2, 0.25) is 0 Å². The fourth-order valence-corrected chi connectivity index (χ4v) is 1.09. The van der Waals surface area contributed by atoms with Crippen LogP contribution in [0.3, 0.4) is 0 Å². The van der Waals surface area contributed by atoms with Gasteiger partial charge in [0.15, 0.2) is 0 Å². The first-order valence-corrected chi connectivity index (χ1v) is 3.95. The van der Waals surface area contributed by atoms with E-state index in [0.29, 0.717) is 0 Å². The molecule has 0 atom stereocenters. The second kappa shape index (κ2) is 3.77. The molecule has 0 aliphatic rings. The van der Waals surface area contributed by atoms with Gasteiger partial charge < -0.3 is 5.11 Å². The zero-order chi connectivity index (χ0) is 8.97. The van der Waals surface area contributed by atoms with Crippen molar-refractivity contribution in [3.05, 3.63) is 29.3 Å². The van der Waals surface area contributed by atoms with Gasteiger partial charge in [-0.1, -0.05) is 19.1 Å². The van der Waals surface area contributed by atoms with E-state index in [-0.39, 0.29) is 12.2 Å². The zero-order valence-electron chi connectivity index (χ0n) is 7.04. The minimum atomic E-state index is 0.216. The molecular weight excluding hydrogens is 150 g/mol. The van der Waals surface area contributed by atoms with Gasteiger partial charge in [-0.3, -0.25) is 0 Å². The second-order valence-corrected chi connectivity index (χ2v) is 2.65. The van der Waals surface area contributed by atoms with Crippen LogP contribution in [0.15, 0.2) is 18.2 Å². The third-order valence-electron chi connectivity index (χ3n) is 1.82. The number of nitriles is 1. The molecule has 0 saturated carbocycles. The SMILES string of the molecule is CCc1ccc(O)c(CC#N)c1. The number of rotatable bonds is 2. The molecule has 2 heteroatoms. The molecule has 1 rings (SSSR count). The number of aromatic hydroxyl groups is 1. The highest BCUT2D eigenvalue weighted by molar-refractivity contribution is 5.37. The summed E-state index contributed by atoms with van der Waals surface area (Å²) in [6.07, 6.45) is 1.21. The van der Waals surface area contributed by atoms with E-state index < -0.39 is 0 Å². The van der Waals surface area contributed by atoms with Gasteiger partial charge in [0.1, 0.15) is 5.75 Å². The topological polar surface area (TPSA) is 44.0 Å². The average Bonchev–Trinajstić information content (AvgIpc) is 2.09. The Hall–Kier alpha value is -1.49. The molecule has 0 aromatic heterocycles. The Morgan fingerprint density at radius 3 is 2.83 bits per heavy atom. The van der Waals surface area contributed by atoms with Crippen LogP contribution in [0.25, 0.3) is 0 Å². The van der Waals surface area contributed by atoms with Crippen molar-refractivity contribution in [1.82, 2.24) is 0 Å². The van der Waals surface area contributed by atoms with Crippen LogP contribution in [0.2, 0.25) is 0 Å². The van der Waals surface area contributed by atoms with Crippen LogP contribution in [0.5, 0.6) is 5.75 Å². The number of hydrogen-bond acceptors (Lipinski definition) is 2. The van der Waals surface area contributed by atoms with E-state index >= 15 is 0 Å². The number of benzene rings is 1. The van der Waals surface area contributed by atoms with E-state index in [1.807, 2.05) is 25.1 Å². The van der Waals surface area contributed by atoms with Gasteiger partial charge in [-0.2, -0.15) is 5.26 Å². The van der Waals surface area contributed by atoms with Crippen LogP contribution in [-0.4, -0.2) is 5.11 Å². The molecule has 0 unspecified atom stereocenters. The van der Waals surface area contributed by atoms with Crippen molar-refractivity contribution in [2.24, 2.45) is 0 Å². The third-order valence-corrected chi connectivity index (χ3v) is 1.82. The van der Waals surface area contributed by atoms with Crippen LogP contribution in [0.4, 0.5) is 0 Å². The highest BCUT2D eigenvalue weighted by atomic mass is 16.3. The Labute approximate surface area is 72.1 Å². The molecule has 0 radical (unpaired) electrons. The molecule has 0 saturated heterocycles. The van der Waals surface area contributed by atoms with Crippen molar-refractivity contribution in [1.29, 1.82) is 5.26 Å². The zero-order valence-corrected chi connectivity index (χ0v) is 7.04. The normalized spacial score (nSPS) is 9.33. The van der Waals surface area contributed by atoms with Crippen molar-refractivity contribution < 1.29 is 5.11 Å². The predicted molar refractivity (Wildman–Crippen MR) is 46.8 cm³/mol. The Balaban J connectivity index is 3.01. The van der Waals surface area contributed by atoms with E-state index in [2.05, 4.69) is 0 Å². The summed E-state index contributed by atoms with van der Waals surface area (Å²) in [5, 5.41) is 17.8. The summed E-state index contributed by atoms with van der Waals surface area (Å²) in [7, 11) is 0. The first-order chi connectivity index (χ1) is 5.77. The Kier molecular flexibility index (Phi) is 2.71. The van der Waals surface area contributed by atoms with Crippen molar-refractivity contribution in [2.45, 2.75) is 19.8 Å². The number of aryl methyl sites for hydroxylation is 1.